The quantitative estimate of drug-likeness (QED) is 0.616. The normalized spacial score (nSPS) is 14.0. The lowest BCUT2D eigenvalue weighted by molar-refractivity contribution is -0.122. The van der Waals surface area contributed by atoms with Crippen molar-refractivity contribution in [3.63, 3.8) is 0 Å². The van der Waals surface area contributed by atoms with Crippen LogP contribution < -0.4 is 15.8 Å². The molecule has 6 heteroatoms. The van der Waals surface area contributed by atoms with Gasteiger partial charge in [0, 0.05) is 24.9 Å². The van der Waals surface area contributed by atoms with Gasteiger partial charge in [-0.2, -0.15) is 0 Å². The molecule has 0 aliphatic carbocycles. The number of aromatic nitrogens is 2. The van der Waals surface area contributed by atoms with Crippen LogP contribution in [-0.2, 0) is 24.2 Å². The number of ether oxygens (including phenoxy) is 1. The predicted octanol–water partition coefficient (Wildman–Crippen LogP) is 2.59. The molecule has 0 radical (unpaired) electrons. The topological polar surface area (TPSA) is 93.0 Å². The van der Waals surface area contributed by atoms with Crippen LogP contribution in [0.2, 0.25) is 0 Å². The maximum Gasteiger partial charge on any atom is 0.237 e. The van der Waals surface area contributed by atoms with Gasteiger partial charge in [0.15, 0.2) is 0 Å². The van der Waals surface area contributed by atoms with Crippen molar-refractivity contribution in [2.24, 2.45) is 5.73 Å². The van der Waals surface area contributed by atoms with Gasteiger partial charge in [-0.3, -0.25) is 4.79 Å². The predicted molar refractivity (Wildman–Crippen MR) is 108 cm³/mol. The highest BCUT2D eigenvalue weighted by Crippen LogP contribution is 2.30. The minimum Gasteiger partial charge on any atom is -0.493 e. The number of carbonyl (C=O) groups is 1. The van der Waals surface area contributed by atoms with Crippen molar-refractivity contribution >= 4 is 5.91 Å². The van der Waals surface area contributed by atoms with Crippen LogP contribution in [0.3, 0.4) is 0 Å². The van der Waals surface area contributed by atoms with Gasteiger partial charge in [-0.1, -0.05) is 30.3 Å². The van der Waals surface area contributed by atoms with E-state index in [2.05, 4.69) is 45.6 Å². The zero-order valence-corrected chi connectivity index (χ0v) is 15.7. The second-order valence-corrected chi connectivity index (χ2v) is 7.08. The number of rotatable bonds is 6. The fourth-order valence-corrected chi connectivity index (χ4v) is 3.40. The Balaban J connectivity index is 1.35. The molecule has 0 saturated heterocycles. The van der Waals surface area contributed by atoms with E-state index in [0.29, 0.717) is 13.0 Å². The van der Waals surface area contributed by atoms with E-state index in [4.69, 9.17) is 10.5 Å². The summed E-state index contributed by atoms with van der Waals surface area (Å²) in [5, 5.41) is 2.90. The van der Waals surface area contributed by atoms with Crippen LogP contribution in [0, 0.1) is 0 Å². The molecule has 1 amide bonds. The molecule has 2 heterocycles. The van der Waals surface area contributed by atoms with Gasteiger partial charge in [-0.05, 0) is 47.2 Å². The number of imidazole rings is 1. The highest BCUT2D eigenvalue weighted by Gasteiger charge is 2.15. The third-order valence-electron chi connectivity index (χ3n) is 4.99. The standard InChI is InChI=1S/C22H24N4O2/c23-20(11-19-13-24-14-26-19)22(27)25-12-15-3-5-16(6-4-15)17-7-8-21-18(10-17)2-1-9-28-21/h3-8,10,13-14,20H,1-2,9,11-12,23H2,(H,24,26)(H,25,27)/t20-/m0/s1. The Hall–Kier alpha value is -3.12. The van der Waals surface area contributed by atoms with Gasteiger partial charge in [0.25, 0.3) is 0 Å². The SMILES string of the molecule is N[C@@H](Cc1cnc[nH]1)C(=O)NCc1ccc(-c2ccc3c(c2)CCCO3)cc1. The van der Waals surface area contributed by atoms with Crippen molar-refractivity contribution in [2.75, 3.05) is 6.61 Å². The molecule has 1 atom stereocenters. The first kappa shape index (κ1) is 18.3. The van der Waals surface area contributed by atoms with Crippen molar-refractivity contribution in [3.05, 3.63) is 71.8 Å². The molecule has 2 aromatic carbocycles. The second-order valence-electron chi connectivity index (χ2n) is 7.08. The summed E-state index contributed by atoms with van der Waals surface area (Å²) < 4.78 is 5.68. The number of nitrogens with one attached hydrogen (secondary N) is 2. The minimum atomic E-state index is -0.600. The largest absolute Gasteiger partial charge is 0.493 e. The third kappa shape index (κ3) is 4.23. The molecule has 0 bridgehead atoms. The Morgan fingerprint density at radius 3 is 2.82 bits per heavy atom. The molecule has 0 spiro atoms. The van der Waals surface area contributed by atoms with Crippen molar-refractivity contribution < 1.29 is 9.53 Å². The highest BCUT2D eigenvalue weighted by atomic mass is 16.5. The maximum atomic E-state index is 12.2. The smallest absolute Gasteiger partial charge is 0.237 e. The van der Waals surface area contributed by atoms with Crippen LogP contribution in [0.1, 0.15) is 23.2 Å². The van der Waals surface area contributed by atoms with E-state index in [0.717, 1.165) is 42.0 Å². The lowest BCUT2D eigenvalue weighted by atomic mass is 9.98. The number of fused-ring (bicyclic) bond motifs is 1. The first-order chi connectivity index (χ1) is 13.7. The second kappa shape index (κ2) is 8.27. The summed E-state index contributed by atoms with van der Waals surface area (Å²) in [6, 6.07) is 14.0. The summed E-state index contributed by atoms with van der Waals surface area (Å²) in [5.41, 5.74) is 11.4. The number of benzene rings is 2. The number of H-pyrrole nitrogens is 1. The molecular formula is C22H24N4O2. The summed E-state index contributed by atoms with van der Waals surface area (Å²) in [6.45, 7) is 1.26. The van der Waals surface area contributed by atoms with Crippen LogP contribution in [0.25, 0.3) is 11.1 Å². The molecule has 4 N–H and O–H groups in total. The fourth-order valence-electron chi connectivity index (χ4n) is 3.40. The number of hydrogen-bond acceptors (Lipinski definition) is 4. The lowest BCUT2D eigenvalue weighted by Crippen LogP contribution is -2.41. The Morgan fingerprint density at radius 1 is 1.21 bits per heavy atom. The van der Waals surface area contributed by atoms with E-state index < -0.39 is 6.04 Å². The molecule has 1 aliphatic heterocycles. The first-order valence-corrected chi connectivity index (χ1v) is 9.54. The van der Waals surface area contributed by atoms with E-state index in [1.807, 2.05) is 12.1 Å². The Bertz CT molecular complexity index is 936. The number of amides is 1. The van der Waals surface area contributed by atoms with Gasteiger partial charge >= 0.3 is 0 Å². The highest BCUT2D eigenvalue weighted by molar-refractivity contribution is 5.81. The number of hydrogen-bond donors (Lipinski definition) is 3. The van der Waals surface area contributed by atoms with Crippen LogP contribution in [0.4, 0.5) is 0 Å². The van der Waals surface area contributed by atoms with Crippen LogP contribution in [-0.4, -0.2) is 28.5 Å². The monoisotopic (exact) mass is 376 g/mol. The van der Waals surface area contributed by atoms with E-state index in [-0.39, 0.29) is 5.91 Å². The Labute approximate surface area is 164 Å². The fraction of sp³-hybridized carbons (Fsp3) is 0.273. The molecule has 1 aliphatic rings. The Kier molecular flexibility index (Phi) is 5.39. The molecule has 4 rings (SSSR count). The van der Waals surface area contributed by atoms with Crippen molar-refractivity contribution in [3.8, 4) is 16.9 Å². The molecule has 144 valence electrons. The number of aromatic amines is 1. The average Bonchev–Trinajstić information content (AvgIpc) is 3.25. The first-order valence-electron chi connectivity index (χ1n) is 9.54. The summed E-state index contributed by atoms with van der Waals surface area (Å²) in [4.78, 5) is 19.1. The van der Waals surface area contributed by atoms with Gasteiger partial charge in [0.1, 0.15) is 5.75 Å². The summed E-state index contributed by atoms with van der Waals surface area (Å²) in [6.07, 6.45) is 5.83. The van der Waals surface area contributed by atoms with Gasteiger partial charge < -0.3 is 20.8 Å². The van der Waals surface area contributed by atoms with Crippen molar-refractivity contribution in [2.45, 2.75) is 31.8 Å². The maximum absolute atomic E-state index is 12.2. The van der Waals surface area contributed by atoms with E-state index in [9.17, 15) is 4.79 Å². The zero-order valence-electron chi connectivity index (χ0n) is 15.7. The number of carbonyl (C=O) groups excluding carboxylic acids is 1. The molecular weight excluding hydrogens is 352 g/mol. The lowest BCUT2D eigenvalue weighted by Gasteiger charge is -2.18. The molecule has 0 unspecified atom stereocenters. The molecule has 6 nitrogen and oxygen atoms in total. The van der Waals surface area contributed by atoms with Gasteiger partial charge in [0.05, 0.1) is 19.0 Å². The zero-order chi connectivity index (χ0) is 19.3. The number of aryl methyl sites for hydroxylation is 1. The summed E-state index contributed by atoms with van der Waals surface area (Å²) in [5.74, 6) is 0.828. The van der Waals surface area contributed by atoms with Crippen LogP contribution >= 0.6 is 0 Å². The van der Waals surface area contributed by atoms with E-state index >= 15 is 0 Å². The molecule has 28 heavy (non-hydrogen) atoms. The third-order valence-corrected chi connectivity index (χ3v) is 4.99. The van der Waals surface area contributed by atoms with Crippen LogP contribution in [0.5, 0.6) is 5.75 Å². The van der Waals surface area contributed by atoms with Gasteiger partial charge in [-0.25, -0.2) is 4.98 Å². The molecule has 3 aromatic rings. The van der Waals surface area contributed by atoms with Gasteiger partial charge in [0.2, 0.25) is 5.91 Å². The summed E-state index contributed by atoms with van der Waals surface area (Å²) in [7, 11) is 0. The van der Waals surface area contributed by atoms with Crippen molar-refractivity contribution in [1.29, 1.82) is 0 Å². The number of nitrogens with zero attached hydrogens (tertiary/aromatic N) is 1. The van der Waals surface area contributed by atoms with Crippen molar-refractivity contribution in [1.82, 2.24) is 15.3 Å². The van der Waals surface area contributed by atoms with Gasteiger partial charge in [-0.15, -0.1) is 0 Å². The minimum absolute atomic E-state index is 0.173. The Morgan fingerprint density at radius 2 is 2.04 bits per heavy atom. The number of nitrogens with two attached hydrogens (primary N) is 1. The average molecular weight is 376 g/mol. The molecule has 0 fully saturated rings. The van der Waals surface area contributed by atoms with Crippen LogP contribution in [0.15, 0.2) is 55.0 Å². The molecule has 0 saturated carbocycles. The van der Waals surface area contributed by atoms with E-state index in [1.165, 1.54) is 11.1 Å². The summed E-state index contributed by atoms with van der Waals surface area (Å²) >= 11 is 0. The van der Waals surface area contributed by atoms with E-state index in [1.54, 1.807) is 12.5 Å². The molecule has 1 aromatic heterocycles.